The van der Waals surface area contributed by atoms with Crippen LogP contribution in [-0.4, -0.2) is 84.7 Å². The highest BCUT2D eigenvalue weighted by Crippen LogP contribution is 2.34. The second kappa shape index (κ2) is 11.5. The Morgan fingerprint density at radius 3 is 2.85 bits per heavy atom. The molecule has 3 aliphatic rings. The van der Waals surface area contributed by atoms with E-state index in [-0.39, 0.29) is 44.0 Å². The van der Waals surface area contributed by atoms with Crippen LogP contribution >= 0.6 is 0 Å². The third-order valence-electron chi connectivity index (χ3n) is 8.54. The Morgan fingerprint density at radius 2 is 2.12 bits per heavy atom. The number of anilines is 1. The number of aromatic nitrogens is 5. The molecular weight excluding hydrogens is 519 g/mol. The summed E-state index contributed by atoms with van der Waals surface area (Å²) in [6.07, 6.45) is 5.95. The number of nitrogens with zero attached hydrogens (tertiary/aromatic N) is 8. The fourth-order valence-electron chi connectivity index (χ4n) is 6.44. The van der Waals surface area contributed by atoms with E-state index >= 15 is 0 Å². The predicted octanol–water partition coefficient (Wildman–Crippen LogP) is -0.643. The molecule has 2 saturated heterocycles. The maximum Gasteiger partial charge on any atom is 0.332 e. The highest BCUT2D eigenvalue weighted by atomic mass is 19.1. The topological polar surface area (TPSA) is 160 Å². The zero-order valence-corrected chi connectivity index (χ0v) is 22.8. The molecule has 0 bridgehead atoms. The number of hydrogen-bond acceptors (Lipinski definition) is 9. The number of nitriles is 1. The van der Waals surface area contributed by atoms with Crippen LogP contribution in [0.15, 0.2) is 28.3 Å². The Balaban J connectivity index is 1.33. The molecule has 1 unspecified atom stereocenters. The second-order valence-electron chi connectivity index (χ2n) is 11.4. The molecule has 1 amide bonds. The summed E-state index contributed by atoms with van der Waals surface area (Å²) in [5, 5.41) is 17.8. The lowest BCUT2D eigenvalue weighted by Gasteiger charge is -2.37. The lowest BCUT2D eigenvalue weighted by molar-refractivity contribution is -0.133. The van der Waals surface area contributed by atoms with E-state index in [1.165, 1.54) is 28.9 Å². The van der Waals surface area contributed by atoms with Gasteiger partial charge >= 0.3 is 5.69 Å². The molecule has 2 aromatic heterocycles. The normalized spacial score (nSPS) is 28.6. The highest BCUT2D eigenvalue weighted by Gasteiger charge is 2.50. The molecule has 4 heterocycles. The van der Waals surface area contributed by atoms with Crippen molar-refractivity contribution in [1.29, 1.82) is 5.26 Å². The zero-order valence-electron chi connectivity index (χ0n) is 22.8. The summed E-state index contributed by atoms with van der Waals surface area (Å²) in [5.74, 6) is 0.364. The minimum atomic E-state index is -1.57. The van der Waals surface area contributed by atoms with E-state index in [9.17, 15) is 24.0 Å². The summed E-state index contributed by atoms with van der Waals surface area (Å²) in [5.41, 5.74) is 3.49. The van der Waals surface area contributed by atoms with Crippen molar-refractivity contribution in [3.8, 4) is 6.07 Å². The van der Waals surface area contributed by atoms with Crippen LogP contribution in [0.4, 0.5) is 10.2 Å². The van der Waals surface area contributed by atoms with Gasteiger partial charge in [-0.15, -0.1) is 0 Å². The molecule has 0 spiro atoms. The molecule has 0 radical (unpaired) electrons. The summed E-state index contributed by atoms with van der Waals surface area (Å²) < 4.78 is 19.0. The van der Waals surface area contributed by atoms with Crippen molar-refractivity contribution in [3.63, 3.8) is 0 Å². The van der Waals surface area contributed by atoms with Gasteiger partial charge in [-0.3, -0.25) is 23.4 Å². The smallest absolute Gasteiger partial charge is 0.332 e. The minimum Gasteiger partial charge on any atom is -0.356 e. The molecule has 5 rings (SSSR count). The second-order valence-corrected chi connectivity index (χ2v) is 11.4. The number of alkyl halides is 1. The van der Waals surface area contributed by atoms with Crippen LogP contribution in [0.2, 0.25) is 0 Å². The summed E-state index contributed by atoms with van der Waals surface area (Å²) in [6, 6.07) is 3.54. The molecule has 5 atom stereocenters. The van der Waals surface area contributed by atoms with Crippen molar-refractivity contribution in [2.75, 3.05) is 31.1 Å². The standard InChI is InChI=1S/C26H37FN10O3/c1-33-23(38)8-22(34-6-2-3-20(29)13-34)36(25(33)40)15-26(14-28)9-19(27)12-37(26)24(39)10-31-21-5-4-18(7-21)11-35-17-30-16-32-35/h8,16-21,31H,2-7,9-13,15,29H2,1H3/t18-,19-,20?,21+,26+/m0/s1. The van der Waals surface area contributed by atoms with Crippen LogP contribution in [0, 0.1) is 17.2 Å². The molecule has 0 aromatic carbocycles. The van der Waals surface area contributed by atoms with Gasteiger partial charge < -0.3 is 20.9 Å². The van der Waals surface area contributed by atoms with Gasteiger partial charge in [-0.05, 0) is 38.0 Å². The van der Waals surface area contributed by atoms with Gasteiger partial charge in [0.2, 0.25) is 5.91 Å². The van der Waals surface area contributed by atoms with Gasteiger partial charge in [-0.2, -0.15) is 10.4 Å². The number of piperidine rings is 1. The average molecular weight is 557 g/mol. The number of halogens is 1. The summed E-state index contributed by atoms with van der Waals surface area (Å²) in [4.78, 5) is 46.4. The van der Waals surface area contributed by atoms with E-state index in [1.54, 1.807) is 11.0 Å². The quantitative estimate of drug-likeness (QED) is 0.431. The van der Waals surface area contributed by atoms with Crippen LogP contribution in [0.1, 0.15) is 38.5 Å². The number of carbonyl (C=O) groups is 1. The summed E-state index contributed by atoms with van der Waals surface area (Å²) in [6.45, 7) is 1.30. The van der Waals surface area contributed by atoms with E-state index in [1.807, 2.05) is 4.90 Å². The number of rotatable bonds is 8. The summed E-state index contributed by atoms with van der Waals surface area (Å²) in [7, 11) is 1.36. The first-order valence-electron chi connectivity index (χ1n) is 13.9. The Labute approximate surface area is 231 Å². The number of amides is 1. The van der Waals surface area contributed by atoms with Crippen LogP contribution in [0.25, 0.3) is 0 Å². The van der Waals surface area contributed by atoms with E-state index in [0.717, 1.165) is 43.2 Å². The zero-order chi connectivity index (χ0) is 28.4. The fourth-order valence-corrected chi connectivity index (χ4v) is 6.44. The Hall–Kier alpha value is -3.57. The molecule has 1 aliphatic carbocycles. The van der Waals surface area contributed by atoms with Gasteiger partial charge in [0.1, 0.15) is 24.6 Å². The maximum atomic E-state index is 14.9. The third-order valence-corrected chi connectivity index (χ3v) is 8.54. The average Bonchev–Trinajstić information content (AvgIpc) is 3.69. The maximum absolute atomic E-state index is 14.9. The van der Waals surface area contributed by atoms with Gasteiger partial charge in [0.15, 0.2) is 5.54 Å². The highest BCUT2D eigenvalue weighted by molar-refractivity contribution is 5.80. The van der Waals surface area contributed by atoms with Gasteiger partial charge in [0.25, 0.3) is 5.56 Å². The van der Waals surface area contributed by atoms with Gasteiger partial charge in [-0.25, -0.2) is 14.2 Å². The lowest BCUT2D eigenvalue weighted by Crippen LogP contribution is -2.55. The van der Waals surface area contributed by atoms with Crippen LogP contribution in [-0.2, 0) is 24.9 Å². The lowest BCUT2D eigenvalue weighted by atomic mass is 9.97. The molecule has 13 nitrogen and oxygen atoms in total. The number of carbonyl (C=O) groups excluding carboxylic acids is 1. The molecule has 2 aromatic rings. The van der Waals surface area contributed by atoms with Crippen LogP contribution in [0.3, 0.4) is 0 Å². The number of hydrogen-bond donors (Lipinski definition) is 2. The van der Waals surface area contributed by atoms with E-state index in [2.05, 4.69) is 21.5 Å². The van der Waals surface area contributed by atoms with Crippen molar-refractivity contribution in [1.82, 2.24) is 34.1 Å². The first kappa shape index (κ1) is 28.0. The van der Waals surface area contributed by atoms with Gasteiger partial charge in [0, 0.05) is 51.3 Å². The van der Waals surface area contributed by atoms with E-state index in [0.29, 0.717) is 24.8 Å². The Morgan fingerprint density at radius 1 is 1.30 bits per heavy atom. The summed E-state index contributed by atoms with van der Waals surface area (Å²) >= 11 is 0. The molecule has 3 fully saturated rings. The van der Waals surface area contributed by atoms with Crippen molar-refractivity contribution in [2.45, 2.75) is 75.4 Å². The van der Waals surface area contributed by atoms with Crippen molar-refractivity contribution < 1.29 is 9.18 Å². The number of nitrogens with one attached hydrogen (secondary N) is 1. The fraction of sp³-hybridized carbons (Fsp3) is 0.692. The van der Waals surface area contributed by atoms with Gasteiger partial charge in [0.05, 0.1) is 25.7 Å². The Kier molecular flexibility index (Phi) is 8.04. The molecule has 14 heteroatoms. The largest absolute Gasteiger partial charge is 0.356 e. The minimum absolute atomic E-state index is 0.0348. The first-order chi connectivity index (χ1) is 19.2. The molecule has 40 heavy (non-hydrogen) atoms. The molecule has 2 aliphatic heterocycles. The first-order valence-corrected chi connectivity index (χ1v) is 13.9. The van der Waals surface area contributed by atoms with Gasteiger partial charge in [-0.1, -0.05) is 0 Å². The monoisotopic (exact) mass is 556 g/mol. The SMILES string of the molecule is Cn1c(=O)cc(N2CCCC(N)C2)n(C[C@]2(C#N)C[C@H](F)CN2C(=O)CN[C@@H]2CC[C@H](Cn3cncn3)C2)c1=O. The van der Waals surface area contributed by atoms with Crippen LogP contribution < -0.4 is 27.2 Å². The third kappa shape index (κ3) is 5.66. The van der Waals surface area contributed by atoms with E-state index < -0.39 is 23.0 Å². The molecule has 3 N–H and O–H groups in total. The number of likely N-dealkylation sites (tertiary alicyclic amines) is 1. The molecule has 1 saturated carbocycles. The van der Waals surface area contributed by atoms with Crippen LogP contribution in [0.5, 0.6) is 0 Å². The van der Waals surface area contributed by atoms with E-state index in [4.69, 9.17) is 5.73 Å². The van der Waals surface area contributed by atoms with Crippen molar-refractivity contribution in [3.05, 3.63) is 39.6 Å². The molecular formula is C26H37FN10O3. The predicted molar refractivity (Wildman–Crippen MR) is 144 cm³/mol. The van der Waals surface area contributed by atoms with Crippen molar-refractivity contribution in [2.24, 2.45) is 18.7 Å². The van der Waals surface area contributed by atoms with Crippen molar-refractivity contribution >= 4 is 11.7 Å². The Bertz CT molecular complexity index is 1370. The molecule has 216 valence electrons. The number of nitrogens with two attached hydrogens (primary N) is 1.